The first-order valence-corrected chi connectivity index (χ1v) is 6.43. The zero-order valence-electron chi connectivity index (χ0n) is 11.4. The minimum Gasteiger partial charge on any atom is -0.465 e. The van der Waals surface area contributed by atoms with Gasteiger partial charge in [0.2, 0.25) is 0 Å². The summed E-state index contributed by atoms with van der Waals surface area (Å²) in [5.74, 6) is 1.68. The number of amides is 1. The SMILES string of the molecule is Cc1ccc(CNC(=O)c2cc(-c3cccnc3)on2)o1. The number of rotatable bonds is 4. The maximum Gasteiger partial charge on any atom is 0.273 e. The molecule has 0 bridgehead atoms. The standard InChI is InChI=1S/C15H13N3O3/c1-10-4-5-12(20-10)9-17-15(19)13-7-14(21-18-13)11-3-2-6-16-8-11/h2-8H,9H2,1H3,(H,17,19). The summed E-state index contributed by atoms with van der Waals surface area (Å²) in [6.45, 7) is 2.16. The van der Waals surface area contributed by atoms with Crippen LogP contribution in [0.5, 0.6) is 0 Å². The molecule has 3 rings (SSSR count). The van der Waals surface area contributed by atoms with E-state index < -0.39 is 0 Å². The van der Waals surface area contributed by atoms with Gasteiger partial charge in [-0.15, -0.1) is 0 Å². The Balaban J connectivity index is 1.67. The number of aromatic nitrogens is 2. The van der Waals surface area contributed by atoms with Crippen molar-refractivity contribution in [2.75, 3.05) is 0 Å². The number of carbonyl (C=O) groups is 1. The van der Waals surface area contributed by atoms with Crippen LogP contribution in [0.4, 0.5) is 0 Å². The smallest absolute Gasteiger partial charge is 0.273 e. The molecule has 0 atom stereocenters. The number of pyridine rings is 1. The Bertz CT molecular complexity index is 746. The summed E-state index contributed by atoms with van der Waals surface area (Å²) < 4.78 is 10.5. The number of nitrogens with one attached hydrogen (secondary N) is 1. The molecule has 0 fully saturated rings. The van der Waals surface area contributed by atoms with Crippen molar-refractivity contribution in [3.63, 3.8) is 0 Å². The van der Waals surface area contributed by atoms with E-state index in [2.05, 4.69) is 15.5 Å². The Morgan fingerprint density at radius 1 is 1.33 bits per heavy atom. The fourth-order valence-electron chi connectivity index (χ4n) is 1.86. The Morgan fingerprint density at radius 2 is 2.24 bits per heavy atom. The molecule has 3 aromatic heterocycles. The van der Waals surface area contributed by atoms with E-state index in [-0.39, 0.29) is 11.6 Å². The molecule has 1 N–H and O–H groups in total. The second kappa shape index (κ2) is 5.62. The van der Waals surface area contributed by atoms with Gasteiger partial charge in [0, 0.05) is 24.0 Å². The molecule has 0 aliphatic rings. The molecule has 0 radical (unpaired) electrons. The summed E-state index contributed by atoms with van der Waals surface area (Å²) in [5, 5.41) is 6.49. The maximum atomic E-state index is 12.0. The van der Waals surface area contributed by atoms with Crippen LogP contribution in [-0.4, -0.2) is 16.0 Å². The molecule has 0 aliphatic carbocycles. The van der Waals surface area contributed by atoms with Crippen LogP contribution in [0.1, 0.15) is 22.0 Å². The van der Waals surface area contributed by atoms with Gasteiger partial charge >= 0.3 is 0 Å². The van der Waals surface area contributed by atoms with E-state index in [9.17, 15) is 4.79 Å². The molecule has 0 spiro atoms. The van der Waals surface area contributed by atoms with E-state index in [0.717, 1.165) is 11.3 Å². The fourth-order valence-corrected chi connectivity index (χ4v) is 1.86. The summed E-state index contributed by atoms with van der Waals surface area (Å²) in [7, 11) is 0. The highest BCUT2D eigenvalue weighted by atomic mass is 16.5. The molecule has 3 aromatic rings. The first-order valence-electron chi connectivity index (χ1n) is 6.43. The van der Waals surface area contributed by atoms with Crippen LogP contribution in [0.3, 0.4) is 0 Å². The van der Waals surface area contributed by atoms with Gasteiger partial charge in [-0.2, -0.15) is 0 Å². The van der Waals surface area contributed by atoms with Gasteiger partial charge in [0.15, 0.2) is 11.5 Å². The molecule has 3 heterocycles. The lowest BCUT2D eigenvalue weighted by Crippen LogP contribution is -2.22. The van der Waals surface area contributed by atoms with E-state index in [1.165, 1.54) is 0 Å². The third kappa shape index (κ3) is 3.00. The number of hydrogen-bond donors (Lipinski definition) is 1. The molecule has 1 amide bonds. The highest BCUT2D eigenvalue weighted by molar-refractivity contribution is 5.92. The highest BCUT2D eigenvalue weighted by Crippen LogP contribution is 2.18. The summed E-state index contributed by atoms with van der Waals surface area (Å²) in [6, 6.07) is 8.87. The number of hydrogen-bond acceptors (Lipinski definition) is 5. The molecule has 21 heavy (non-hydrogen) atoms. The molecule has 0 unspecified atom stereocenters. The average molecular weight is 283 g/mol. The number of furan rings is 1. The zero-order valence-corrected chi connectivity index (χ0v) is 11.4. The van der Waals surface area contributed by atoms with Crippen molar-refractivity contribution in [3.8, 4) is 11.3 Å². The van der Waals surface area contributed by atoms with Crippen molar-refractivity contribution in [2.24, 2.45) is 0 Å². The Hall–Kier alpha value is -2.89. The largest absolute Gasteiger partial charge is 0.465 e. The monoisotopic (exact) mass is 283 g/mol. The van der Waals surface area contributed by atoms with E-state index >= 15 is 0 Å². The topological polar surface area (TPSA) is 81.2 Å². The van der Waals surface area contributed by atoms with Gasteiger partial charge in [-0.05, 0) is 31.2 Å². The molecule has 0 aromatic carbocycles. The Labute approximate surface area is 120 Å². The predicted molar refractivity (Wildman–Crippen MR) is 74.3 cm³/mol. The van der Waals surface area contributed by atoms with Crippen molar-refractivity contribution in [2.45, 2.75) is 13.5 Å². The summed E-state index contributed by atoms with van der Waals surface area (Å²) in [6.07, 6.45) is 3.31. The second-order valence-electron chi connectivity index (χ2n) is 4.51. The third-order valence-electron chi connectivity index (χ3n) is 2.91. The van der Waals surface area contributed by atoms with Gasteiger partial charge < -0.3 is 14.3 Å². The Morgan fingerprint density at radius 3 is 2.95 bits per heavy atom. The number of nitrogens with zero attached hydrogens (tertiary/aromatic N) is 2. The molecule has 0 saturated carbocycles. The van der Waals surface area contributed by atoms with E-state index in [0.29, 0.717) is 18.1 Å². The van der Waals surface area contributed by atoms with Gasteiger partial charge in [-0.1, -0.05) is 5.16 Å². The summed E-state index contributed by atoms with van der Waals surface area (Å²) >= 11 is 0. The van der Waals surface area contributed by atoms with Crippen molar-refractivity contribution < 1.29 is 13.7 Å². The highest BCUT2D eigenvalue weighted by Gasteiger charge is 2.14. The van der Waals surface area contributed by atoms with E-state index in [1.807, 2.05) is 25.1 Å². The molecular formula is C15H13N3O3. The van der Waals surface area contributed by atoms with Gasteiger partial charge in [0.1, 0.15) is 11.5 Å². The first-order chi connectivity index (χ1) is 10.2. The molecule has 0 aliphatic heterocycles. The van der Waals surface area contributed by atoms with Crippen molar-refractivity contribution in [1.29, 1.82) is 0 Å². The minimum absolute atomic E-state index is 0.220. The van der Waals surface area contributed by atoms with E-state index in [4.69, 9.17) is 8.94 Å². The lowest BCUT2D eigenvalue weighted by molar-refractivity contribution is 0.0939. The van der Waals surface area contributed by atoms with Crippen LogP contribution in [0, 0.1) is 6.92 Å². The van der Waals surface area contributed by atoms with Crippen LogP contribution in [-0.2, 0) is 6.54 Å². The summed E-state index contributed by atoms with van der Waals surface area (Å²) in [4.78, 5) is 16.0. The lowest BCUT2D eigenvalue weighted by atomic mass is 10.2. The molecule has 6 heteroatoms. The van der Waals surface area contributed by atoms with Crippen LogP contribution in [0.25, 0.3) is 11.3 Å². The quantitative estimate of drug-likeness (QED) is 0.795. The number of carbonyl (C=O) groups excluding carboxylic acids is 1. The van der Waals surface area contributed by atoms with Gasteiger partial charge in [-0.25, -0.2) is 0 Å². The van der Waals surface area contributed by atoms with Gasteiger partial charge in [-0.3, -0.25) is 9.78 Å². The van der Waals surface area contributed by atoms with Crippen LogP contribution >= 0.6 is 0 Å². The zero-order chi connectivity index (χ0) is 14.7. The third-order valence-corrected chi connectivity index (χ3v) is 2.91. The van der Waals surface area contributed by atoms with Crippen molar-refractivity contribution in [1.82, 2.24) is 15.5 Å². The van der Waals surface area contributed by atoms with E-state index in [1.54, 1.807) is 24.5 Å². The van der Waals surface area contributed by atoms with Gasteiger partial charge in [0.25, 0.3) is 5.91 Å². The minimum atomic E-state index is -0.317. The Kier molecular flexibility index (Phi) is 3.51. The number of aryl methyl sites for hydroxylation is 1. The fraction of sp³-hybridized carbons (Fsp3) is 0.133. The molecule has 0 saturated heterocycles. The maximum absolute atomic E-state index is 12.0. The lowest BCUT2D eigenvalue weighted by Gasteiger charge is -1.99. The van der Waals surface area contributed by atoms with Crippen molar-refractivity contribution in [3.05, 3.63) is 59.9 Å². The summed E-state index contributed by atoms with van der Waals surface area (Å²) in [5.41, 5.74) is 0.989. The van der Waals surface area contributed by atoms with Crippen LogP contribution in [0.2, 0.25) is 0 Å². The predicted octanol–water partition coefficient (Wildman–Crippen LogP) is 2.57. The molecule has 106 valence electrons. The first kappa shape index (κ1) is 13.1. The average Bonchev–Trinajstić information content (AvgIpc) is 3.15. The van der Waals surface area contributed by atoms with Crippen LogP contribution < -0.4 is 5.32 Å². The second-order valence-corrected chi connectivity index (χ2v) is 4.51. The molecule has 6 nitrogen and oxygen atoms in total. The van der Waals surface area contributed by atoms with Crippen LogP contribution in [0.15, 0.2) is 51.7 Å². The van der Waals surface area contributed by atoms with Gasteiger partial charge in [0.05, 0.1) is 6.54 Å². The normalized spacial score (nSPS) is 10.5. The molecular weight excluding hydrogens is 270 g/mol. The van der Waals surface area contributed by atoms with Crippen molar-refractivity contribution >= 4 is 5.91 Å².